The monoisotopic (exact) mass is 246 g/mol. The first kappa shape index (κ1) is 14.0. The predicted octanol–water partition coefficient (Wildman–Crippen LogP) is 2.45. The SMILES string of the molecule is COC(C)C(OC)(OC)c1ccc(F)cc1F. The molecule has 0 fully saturated rings. The van der Waals surface area contributed by atoms with E-state index in [4.69, 9.17) is 14.2 Å². The largest absolute Gasteiger partial charge is 0.376 e. The van der Waals surface area contributed by atoms with Crippen molar-refractivity contribution >= 4 is 0 Å². The first-order valence-corrected chi connectivity index (χ1v) is 5.10. The molecule has 1 aromatic rings. The lowest BCUT2D eigenvalue weighted by Gasteiger charge is -2.35. The average molecular weight is 246 g/mol. The lowest BCUT2D eigenvalue weighted by atomic mass is 9.99. The van der Waals surface area contributed by atoms with Gasteiger partial charge in [-0.05, 0) is 19.1 Å². The van der Waals surface area contributed by atoms with Gasteiger partial charge in [-0.1, -0.05) is 0 Å². The second-order valence-corrected chi connectivity index (χ2v) is 3.58. The first-order chi connectivity index (χ1) is 8.01. The molecule has 17 heavy (non-hydrogen) atoms. The number of benzene rings is 1. The van der Waals surface area contributed by atoms with E-state index in [0.717, 1.165) is 12.1 Å². The number of rotatable bonds is 5. The van der Waals surface area contributed by atoms with E-state index >= 15 is 0 Å². The van der Waals surface area contributed by atoms with Crippen LogP contribution in [0.5, 0.6) is 0 Å². The Bertz CT molecular complexity index is 378. The van der Waals surface area contributed by atoms with Crippen LogP contribution >= 0.6 is 0 Å². The van der Waals surface area contributed by atoms with Crippen LogP contribution in [0.1, 0.15) is 12.5 Å². The molecule has 0 N–H and O–H groups in total. The van der Waals surface area contributed by atoms with Gasteiger partial charge in [-0.25, -0.2) is 8.78 Å². The van der Waals surface area contributed by atoms with E-state index < -0.39 is 23.5 Å². The summed E-state index contributed by atoms with van der Waals surface area (Å²) in [5, 5.41) is 0. The van der Waals surface area contributed by atoms with E-state index in [9.17, 15) is 8.78 Å². The van der Waals surface area contributed by atoms with Crippen LogP contribution < -0.4 is 0 Å². The number of hydrogen-bond acceptors (Lipinski definition) is 3. The minimum absolute atomic E-state index is 0.0956. The Labute approximate surface area is 99.3 Å². The summed E-state index contributed by atoms with van der Waals surface area (Å²) in [7, 11) is 4.21. The molecular weight excluding hydrogens is 230 g/mol. The molecule has 0 spiro atoms. The number of methoxy groups -OCH3 is 3. The van der Waals surface area contributed by atoms with Crippen LogP contribution in [0.2, 0.25) is 0 Å². The molecule has 0 aromatic heterocycles. The number of halogens is 2. The highest BCUT2D eigenvalue weighted by atomic mass is 19.1. The first-order valence-electron chi connectivity index (χ1n) is 5.10. The summed E-state index contributed by atoms with van der Waals surface area (Å²) in [4.78, 5) is 0. The molecule has 1 atom stereocenters. The molecule has 1 rings (SSSR count). The van der Waals surface area contributed by atoms with E-state index in [2.05, 4.69) is 0 Å². The van der Waals surface area contributed by atoms with Crippen LogP contribution in [0.4, 0.5) is 8.78 Å². The van der Waals surface area contributed by atoms with E-state index in [1.807, 2.05) is 0 Å². The van der Waals surface area contributed by atoms with Gasteiger partial charge in [0.15, 0.2) is 0 Å². The van der Waals surface area contributed by atoms with E-state index in [1.165, 1.54) is 27.4 Å². The molecule has 0 aliphatic carbocycles. The maximum Gasteiger partial charge on any atom is 0.224 e. The van der Waals surface area contributed by atoms with Crippen LogP contribution in [0.15, 0.2) is 18.2 Å². The van der Waals surface area contributed by atoms with Gasteiger partial charge in [0.2, 0.25) is 5.79 Å². The molecule has 3 nitrogen and oxygen atoms in total. The van der Waals surface area contributed by atoms with Crippen molar-refractivity contribution in [1.82, 2.24) is 0 Å². The molecular formula is C12H16F2O3. The van der Waals surface area contributed by atoms with Crippen LogP contribution in [-0.4, -0.2) is 27.4 Å². The molecule has 0 heterocycles. The summed E-state index contributed by atoms with van der Waals surface area (Å²) < 4.78 is 42.2. The lowest BCUT2D eigenvalue weighted by molar-refractivity contribution is -0.271. The van der Waals surface area contributed by atoms with Crippen molar-refractivity contribution in [3.63, 3.8) is 0 Å². The highest BCUT2D eigenvalue weighted by Gasteiger charge is 2.41. The second-order valence-electron chi connectivity index (χ2n) is 3.58. The molecule has 0 aliphatic heterocycles. The third kappa shape index (κ3) is 2.46. The molecule has 96 valence electrons. The summed E-state index contributed by atoms with van der Waals surface area (Å²) in [6, 6.07) is 3.21. The minimum atomic E-state index is -1.40. The second kappa shape index (κ2) is 5.53. The highest BCUT2D eigenvalue weighted by molar-refractivity contribution is 5.24. The van der Waals surface area contributed by atoms with Crippen molar-refractivity contribution in [2.75, 3.05) is 21.3 Å². The molecule has 0 bridgehead atoms. The van der Waals surface area contributed by atoms with Gasteiger partial charge in [0, 0.05) is 33.0 Å². The standard InChI is InChI=1S/C12H16F2O3/c1-8(15-2)12(16-3,17-4)10-6-5-9(13)7-11(10)14/h5-8H,1-4H3. The zero-order valence-corrected chi connectivity index (χ0v) is 10.3. The topological polar surface area (TPSA) is 27.7 Å². The van der Waals surface area contributed by atoms with Crippen molar-refractivity contribution in [2.45, 2.75) is 18.8 Å². The number of ether oxygens (including phenoxy) is 3. The van der Waals surface area contributed by atoms with E-state index in [0.29, 0.717) is 0 Å². The van der Waals surface area contributed by atoms with E-state index in [1.54, 1.807) is 6.92 Å². The van der Waals surface area contributed by atoms with E-state index in [-0.39, 0.29) is 5.56 Å². The molecule has 5 heteroatoms. The van der Waals surface area contributed by atoms with Gasteiger partial charge in [-0.3, -0.25) is 0 Å². The van der Waals surface area contributed by atoms with Gasteiger partial charge < -0.3 is 14.2 Å². The normalized spacial score (nSPS) is 13.8. The van der Waals surface area contributed by atoms with Gasteiger partial charge in [-0.15, -0.1) is 0 Å². The smallest absolute Gasteiger partial charge is 0.224 e. The van der Waals surface area contributed by atoms with Crippen molar-refractivity contribution in [1.29, 1.82) is 0 Å². The third-order valence-electron chi connectivity index (χ3n) is 2.80. The zero-order chi connectivity index (χ0) is 13.1. The Hall–Kier alpha value is -1.04. The summed E-state index contributed by atoms with van der Waals surface area (Å²) in [5.41, 5.74) is 0.0956. The Balaban J connectivity index is 3.31. The van der Waals surface area contributed by atoms with Crippen molar-refractivity contribution in [3.05, 3.63) is 35.4 Å². The summed E-state index contributed by atoms with van der Waals surface area (Å²) in [5.74, 6) is -2.79. The highest BCUT2D eigenvalue weighted by Crippen LogP contribution is 2.33. The Morgan fingerprint density at radius 1 is 1.12 bits per heavy atom. The summed E-state index contributed by atoms with van der Waals surface area (Å²) >= 11 is 0. The van der Waals surface area contributed by atoms with Gasteiger partial charge in [0.25, 0.3) is 0 Å². The van der Waals surface area contributed by atoms with Gasteiger partial charge in [-0.2, -0.15) is 0 Å². The maximum absolute atomic E-state index is 13.8. The molecule has 0 radical (unpaired) electrons. The Kier molecular flexibility index (Phi) is 4.56. The van der Waals surface area contributed by atoms with Crippen LogP contribution in [0, 0.1) is 11.6 Å². The average Bonchev–Trinajstić information content (AvgIpc) is 2.33. The molecule has 0 saturated heterocycles. The molecule has 0 saturated carbocycles. The lowest BCUT2D eigenvalue weighted by Crippen LogP contribution is -2.43. The minimum Gasteiger partial charge on any atom is -0.376 e. The van der Waals surface area contributed by atoms with Crippen molar-refractivity contribution < 1.29 is 23.0 Å². The fourth-order valence-electron chi connectivity index (χ4n) is 1.78. The van der Waals surface area contributed by atoms with Gasteiger partial charge >= 0.3 is 0 Å². The van der Waals surface area contributed by atoms with Gasteiger partial charge in [0.1, 0.15) is 17.7 Å². The van der Waals surface area contributed by atoms with Crippen molar-refractivity contribution in [2.24, 2.45) is 0 Å². The summed E-state index contributed by atoms with van der Waals surface area (Å²) in [6.45, 7) is 1.68. The summed E-state index contributed by atoms with van der Waals surface area (Å²) in [6.07, 6.45) is -0.558. The number of hydrogen-bond donors (Lipinski definition) is 0. The third-order valence-corrected chi connectivity index (χ3v) is 2.80. The predicted molar refractivity (Wildman–Crippen MR) is 58.5 cm³/mol. The Morgan fingerprint density at radius 3 is 2.12 bits per heavy atom. The maximum atomic E-state index is 13.8. The van der Waals surface area contributed by atoms with Crippen LogP contribution in [0.3, 0.4) is 0 Å². The van der Waals surface area contributed by atoms with Crippen LogP contribution in [0.25, 0.3) is 0 Å². The van der Waals surface area contributed by atoms with Crippen LogP contribution in [-0.2, 0) is 20.0 Å². The van der Waals surface area contributed by atoms with Crippen molar-refractivity contribution in [3.8, 4) is 0 Å². The molecule has 1 aromatic carbocycles. The quantitative estimate of drug-likeness (QED) is 0.747. The Morgan fingerprint density at radius 2 is 1.71 bits per heavy atom. The molecule has 1 unspecified atom stereocenters. The molecule has 0 amide bonds. The fourth-order valence-corrected chi connectivity index (χ4v) is 1.78. The molecule has 0 aliphatic rings. The fraction of sp³-hybridized carbons (Fsp3) is 0.500. The zero-order valence-electron chi connectivity index (χ0n) is 10.3. The van der Waals surface area contributed by atoms with Gasteiger partial charge in [0.05, 0.1) is 0 Å².